The van der Waals surface area contributed by atoms with Gasteiger partial charge in [0.2, 0.25) is 0 Å². The Labute approximate surface area is 229 Å². The number of likely N-dealkylation sites (N-methyl/N-ethyl adjacent to an activating group) is 1. The molecule has 4 aromatic carbocycles. The number of carbonyl (C=O) groups excluding carboxylic acids is 2. The summed E-state index contributed by atoms with van der Waals surface area (Å²) >= 11 is 0. The SMILES string of the molecule is CCNC1C[C@H]2CN(C(=O)c3ccc(NC(=O)c4ccccc4-c4ccccc4)cc3)c3ccccc3N2C1. The van der Waals surface area contributed by atoms with Gasteiger partial charge in [0.25, 0.3) is 11.8 Å². The largest absolute Gasteiger partial charge is 0.363 e. The number of carbonyl (C=O) groups is 2. The van der Waals surface area contributed by atoms with E-state index in [1.54, 1.807) is 24.3 Å². The number of amides is 2. The molecule has 6 nitrogen and oxygen atoms in total. The summed E-state index contributed by atoms with van der Waals surface area (Å²) in [5, 5.41) is 6.57. The first kappa shape index (κ1) is 24.9. The van der Waals surface area contributed by atoms with Crippen LogP contribution >= 0.6 is 0 Å². The average Bonchev–Trinajstić information content (AvgIpc) is 3.40. The van der Waals surface area contributed by atoms with Crippen LogP contribution in [0.15, 0.2) is 103 Å². The van der Waals surface area contributed by atoms with Gasteiger partial charge in [0, 0.05) is 42.0 Å². The topological polar surface area (TPSA) is 64.7 Å². The van der Waals surface area contributed by atoms with Gasteiger partial charge in [-0.3, -0.25) is 9.59 Å². The Morgan fingerprint density at radius 2 is 1.49 bits per heavy atom. The van der Waals surface area contributed by atoms with Gasteiger partial charge in [-0.25, -0.2) is 0 Å². The van der Waals surface area contributed by atoms with Crippen LogP contribution in [0.5, 0.6) is 0 Å². The number of fused-ring (bicyclic) bond motifs is 3. The van der Waals surface area contributed by atoms with Crippen LogP contribution in [0.1, 0.15) is 34.1 Å². The Kier molecular flexibility index (Phi) is 6.86. The van der Waals surface area contributed by atoms with Crippen molar-refractivity contribution in [2.75, 3.05) is 34.8 Å². The van der Waals surface area contributed by atoms with E-state index in [-0.39, 0.29) is 17.9 Å². The van der Waals surface area contributed by atoms with Crippen molar-refractivity contribution in [1.82, 2.24) is 5.32 Å². The summed E-state index contributed by atoms with van der Waals surface area (Å²) in [5.41, 5.74) is 5.78. The number of hydrogen-bond acceptors (Lipinski definition) is 4. The van der Waals surface area contributed by atoms with Crippen LogP contribution in [-0.4, -0.2) is 43.5 Å². The van der Waals surface area contributed by atoms with Crippen LogP contribution in [-0.2, 0) is 0 Å². The van der Waals surface area contributed by atoms with Crippen LogP contribution in [0.4, 0.5) is 17.1 Å². The predicted octanol–water partition coefficient (Wildman–Crippen LogP) is 5.82. The molecule has 2 amide bonds. The zero-order valence-electron chi connectivity index (χ0n) is 22.0. The number of nitrogens with one attached hydrogen (secondary N) is 2. The van der Waals surface area contributed by atoms with Crippen LogP contribution in [0.3, 0.4) is 0 Å². The van der Waals surface area contributed by atoms with Gasteiger partial charge in [0.05, 0.1) is 11.4 Å². The van der Waals surface area contributed by atoms with Crippen LogP contribution in [0.25, 0.3) is 11.1 Å². The number of benzene rings is 4. The minimum absolute atomic E-state index is 0.0266. The molecule has 0 aromatic heterocycles. The molecule has 1 fully saturated rings. The van der Waals surface area contributed by atoms with Crippen molar-refractivity contribution in [2.45, 2.75) is 25.4 Å². The second-order valence-electron chi connectivity index (χ2n) is 10.1. The van der Waals surface area contributed by atoms with E-state index in [0.29, 0.717) is 29.4 Å². The lowest BCUT2D eigenvalue weighted by atomic mass is 9.99. The Hall–Kier alpha value is -4.42. The van der Waals surface area contributed by atoms with Gasteiger partial charge in [0.1, 0.15) is 0 Å². The highest BCUT2D eigenvalue weighted by Crippen LogP contribution is 2.40. The fraction of sp³-hybridized carbons (Fsp3) is 0.212. The zero-order chi connectivity index (χ0) is 26.8. The second-order valence-corrected chi connectivity index (χ2v) is 10.1. The third kappa shape index (κ3) is 4.91. The standard InChI is InChI=1S/C33H32N4O2/c1-2-34-26-20-27-22-37(31-15-9-8-14-30(31)36(27)21-26)33(39)24-16-18-25(19-17-24)35-32(38)29-13-7-6-12-28(29)23-10-4-3-5-11-23/h3-19,26-27,34H,2,20-22H2,1H3,(H,35,38)/t26?,27-/m0/s1. The second kappa shape index (κ2) is 10.8. The van der Waals surface area contributed by atoms with E-state index in [2.05, 4.69) is 28.5 Å². The van der Waals surface area contributed by atoms with Crippen LogP contribution in [0.2, 0.25) is 0 Å². The Morgan fingerprint density at radius 1 is 0.795 bits per heavy atom. The van der Waals surface area contributed by atoms with E-state index >= 15 is 0 Å². The molecule has 0 bridgehead atoms. The zero-order valence-corrected chi connectivity index (χ0v) is 22.0. The number of hydrogen-bond donors (Lipinski definition) is 2. The maximum absolute atomic E-state index is 13.7. The van der Waals surface area contributed by atoms with Crippen LogP contribution < -0.4 is 20.4 Å². The average molecular weight is 517 g/mol. The molecule has 4 aromatic rings. The van der Waals surface area contributed by atoms with E-state index in [1.807, 2.05) is 77.7 Å². The molecule has 196 valence electrons. The monoisotopic (exact) mass is 516 g/mol. The maximum Gasteiger partial charge on any atom is 0.258 e. The third-order valence-electron chi connectivity index (χ3n) is 7.67. The minimum atomic E-state index is -0.185. The van der Waals surface area contributed by atoms with Gasteiger partial charge < -0.3 is 20.4 Å². The normalized spacial score (nSPS) is 17.9. The van der Waals surface area contributed by atoms with E-state index in [1.165, 1.54) is 0 Å². The van der Waals surface area contributed by atoms with E-state index in [0.717, 1.165) is 42.0 Å². The van der Waals surface area contributed by atoms with E-state index in [4.69, 9.17) is 0 Å². The molecular weight excluding hydrogens is 484 g/mol. The lowest BCUT2D eigenvalue weighted by Gasteiger charge is -2.40. The molecule has 2 heterocycles. The molecule has 1 saturated heterocycles. The Balaban J connectivity index is 1.20. The maximum atomic E-state index is 13.7. The molecule has 6 rings (SSSR count). The van der Waals surface area contributed by atoms with Crippen molar-refractivity contribution in [1.29, 1.82) is 0 Å². The fourth-order valence-corrected chi connectivity index (χ4v) is 5.86. The molecule has 2 aliphatic heterocycles. The summed E-state index contributed by atoms with van der Waals surface area (Å²) < 4.78 is 0. The van der Waals surface area contributed by atoms with Crippen molar-refractivity contribution in [3.05, 3.63) is 114 Å². The quantitative estimate of drug-likeness (QED) is 0.339. The number of rotatable bonds is 6. The molecule has 0 aliphatic carbocycles. The highest BCUT2D eigenvalue weighted by atomic mass is 16.2. The highest BCUT2D eigenvalue weighted by Gasteiger charge is 2.40. The molecule has 0 saturated carbocycles. The molecular formula is C33H32N4O2. The third-order valence-corrected chi connectivity index (χ3v) is 7.67. The lowest BCUT2D eigenvalue weighted by molar-refractivity contribution is 0.0983. The van der Waals surface area contributed by atoms with Crippen molar-refractivity contribution in [3.8, 4) is 11.1 Å². The van der Waals surface area contributed by atoms with Gasteiger partial charge in [-0.2, -0.15) is 0 Å². The molecule has 2 atom stereocenters. The van der Waals surface area contributed by atoms with Crippen molar-refractivity contribution in [2.24, 2.45) is 0 Å². The summed E-state index contributed by atoms with van der Waals surface area (Å²) in [4.78, 5) is 31.3. The first-order valence-corrected chi connectivity index (χ1v) is 13.6. The Morgan fingerprint density at radius 3 is 2.26 bits per heavy atom. The van der Waals surface area contributed by atoms with E-state index in [9.17, 15) is 9.59 Å². The summed E-state index contributed by atoms with van der Waals surface area (Å²) in [6.07, 6.45) is 1.02. The highest BCUT2D eigenvalue weighted by molar-refractivity contribution is 6.10. The summed E-state index contributed by atoms with van der Waals surface area (Å²) in [6.45, 7) is 4.69. The first-order valence-electron chi connectivity index (χ1n) is 13.6. The van der Waals surface area contributed by atoms with Crippen molar-refractivity contribution < 1.29 is 9.59 Å². The molecule has 0 spiro atoms. The molecule has 39 heavy (non-hydrogen) atoms. The van der Waals surface area contributed by atoms with Gasteiger partial charge >= 0.3 is 0 Å². The number of para-hydroxylation sites is 2. The smallest absolute Gasteiger partial charge is 0.258 e. The number of anilines is 3. The summed E-state index contributed by atoms with van der Waals surface area (Å²) in [7, 11) is 0. The van der Waals surface area contributed by atoms with Crippen molar-refractivity contribution >= 4 is 28.9 Å². The molecule has 2 N–H and O–H groups in total. The first-order chi connectivity index (χ1) is 19.1. The Bertz CT molecular complexity index is 1490. The van der Waals surface area contributed by atoms with E-state index < -0.39 is 0 Å². The molecule has 0 radical (unpaired) electrons. The van der Waals surface area contributed by atoms with Gasteiger partial charge in [-0.05, 0) is 66.6 Å². The van der Waals surface area contributed by atoms with Crippen molar-refractivity contribution in [3.63, 3.8) is 0 Å². The summed E-state index contributed by atoms with van der Waals surface area (Å²) in [6, 6.07) is 33.5. The summed E-state index contributed by atoms with van der Waals surface area (Å²) in [5.74, 6) is -0.212. The molecule has 2 aliphatic rings. The minimum Gasteiger partial charge on any atom is -0.363 e. The fourth-order valence-electron chi connectivity index (χ4n) is 5.86. The van der Waals surface area contributed by atoms with Crippen LogP contribution in [0, 0.1) is 0 Å². The molecule has 1 unspecified atom stereocenters. The van der Waals surface area contributed by atoms with Gasteiger partial charge in [0.15, 0.2) is 0 Å². The van der Waals surface area contributed by atoms with Gasteiger partial charge in [-0.15, -0.1) is 0 Å². The predicted molar refractivity (Wildman–Crippen MR) is 158 cm³/mol. The lowest BCUT2D eigenvalue weighted by Crippen LogP contribution is -2.48. The number of nitrogens with zero attached hydrogens (tertiary/aromatic N) is 2. The molecule has 6 heteroatoms. The van der Waals surface area contributed by atoms with Gasteiger partial charge in [-0.1, -0.05) is 67.6 Å².